The van der Waals surface area contributed by atoms with Crippen LogP contribution in [0.3, 0.4) is 0 Å². The number of aliphatic hydroxyl groups excluding tert-OH is 1. The largest absolute Gasteiger partial charge is 0.494 e. The average molecular weight is 471 g/mol. The molecule has 0 saturated carbocycles. The maximum absolute atomic E-state index is 10.5. The fourth-order valence-corrected chi connectivity index (χ4v) is 4.86. The minimum Gasteiger partial charge on any atom is -0.494 e. The summed E-state index contributed by atoms with van der Waals surface area (Å²) in [6.45, 7) is 2.63. The van der Waals surface area contributed by atoms with Crippen molar-refractivity contribution in [2.75, 3.05) is 12.4 Å². The van der Waals surface area contributed by atoms with Crippen LogP contribution in [0.15, 0.2) is 66.1 Å². The van der Waals surface area contributed by atoms with E-state index in [-0.39, 0.29) is 12.2 Å². The average Bonchev–Trinajstić information content (AvgIpc) is 2.81. The molecule has 4 rings (SSSR count). The maximum atomic E-state index is 10.5. The fourth-order valence-electron chi connectivity index (χ4n) is 3.86. The Balaban J connectivity index is 1.44. The Morgan fingerprint density at radius 2 is 1.91 bits per heavy atom. The number of aliphatic hydroxyl groups is 1. The van der Waals surface area contributed by atoms with Gasteiger partial charge in [-0.15, -0.1) is 0 Å². The van der Waals surface area contributed by atoms with Crippen LogP contribution in [0.25, 0.3) is 0 Å². The summed E-state index contributed by atoms with van der Waals surface area (Å²) in [4.78, 5) is 8.49. The Morgan fingerprint density at radius 1 is 1.12 bits per heavy atom. The summed E-state index contributed by atoms with van der Waals surface area (Å²) in [5, 5.41) is 11.9. The van der Waals surface area contributed by atoms with Crippen molar-refractivity contribution < 1.29 is 14.6 Å². The Labute approximate surface area is 198 Å². The molecule has 5 nitrogen and oxygen atoms in total. The molecule has 1 saturated heterocycles. The molecular formula is C25H27ClN2O3S. The Bertz CT molecular complexity index is 1000. The maximum Gasteiger partial charge on any atom is 0.187 e. The topological polar surface area (TPSA) is 64.5 Å². The molecule has 1 aliphatic heterocycles. The smallest absolute Gasteiger partial charge is 0.187 e. The van der Waals surface area contributed by atoms with Crippen LogP contribution >= 0.6 is 23.4 Å². The van der Waals surface area contributed by atoms with Crippen LogP contribution in [-0.4, -0.2) is 39.6 Å². The minimum atomic E-state index is -0.402. The normalized spacial score (nSPS) is 20.8. The third kappa shape index (κ3) is 6.23. The van der Waals surface area contributed by atoms with E-state index in [0.717, 1.165) is 39.0 Å². The molecule has 0 bridgehead atoms. The second kappa shape index (κ2) is 11.1. The van der Waals surface area contributed by atoms with Gasteiger partial charge in [0, 0.05) is 36.0 Å². The molecule has 1 fully saturated rings. The first kappa shape index (κ1) is 23.1. The van der Waals surface area contributed by atoms with Gasteiger partial charge in [-0.1, -0.05) is 47.6 Å². The Kier molecular flexibility index (Phi) is 8.03. The molecule has 1 N–H and O–H groups in total. The van der Waals surface area contributed by atoms with Crippen molar-refractivity contribution in [3.05, 3.63) is 82.6 Å². The fraction of sp³-hybridized carbons (Fsp3) is 0.360. The number of ether oxygens (including phenoxy) is 2. The van der Waals surface area contributed by atoms with Crippen LogP contribution in [0.1, 0.15) is 42.6 Å². The van der Waals surface area contributed by atoms with Gasteiger partial charge in [-0.3, -0.25) is 0 Å². The Morgan fingerprint density at radius 3 is 2.66 bits per heavy atom. The van der Waals surface area contributed by atoms with Gasteiger partial charge in [0.15, 0.2) is 5.16 Å². The molecule has 3 aromatic rings. The van der Waals surface area contributed by atoms with Gasteiger partial charge in [0.1, 0.15) is 5.75 Å². The molecular weight excluding hydrogens is 444 g/mol. The highest BCUT2D eigenvalue weighted by molar-refractivity contribution is 7.99. The predicted octanol–water partition coefficient (Wildman–Crippen LogP) is 5.49. The van der Waals surface area contributed by atoms with Crippen molar-refractivity contribution >= 4 is 23.4 Å². The van der Waals surface area contributed by atoms with E-state index in [4.69, 9.17) is 21.1 Å². The van der Waals surface area contributed by atoms with Crippen molar-refractivity contribution in [1.29, 1.82) is 0 Å². The van der Waals surface area contributed by atoms with Gasteiger partial charge in [-0.2, -0.15) is 0 Å². The molecule has 0 amide bonds. The van der Waals surface area contributed by atoms with Crippen molar-refractivity contribution in [3.8, 4) is 5.75 Å². The van der Waals surface area contributed by atoms with E-state index in [1.807, 2.05) is 31.2 Å². The monoisotopic (exact) mass is 470 g/mol. The highest BCUT2D eigenvalue weighted by Crippen LogP contribution is 2.35. The number of benzene rings is 2. The SMILES string of the molecule is CCOc1ccc(Cc2cc(C3CC(O)CC(CSc4ncccn4)O3)ccc2Cl)cc1. The molecule has 7 heteroatoms. The van der Waals surface area contributed by atoms with E-state index in [0.29, 0.717) is 25.2 Å². The zero-order valence-electron chi connectivity index (χ0n) is 18.0. The molecule has 32 heavy (non-hydrogen) atoms. The quantitative estimate of drug-likeness (QED) is 0.346. The van der Waals surface area contributed by atoms with Gasteiger partial charge in [0.05, 0.1) is 24.9 Å². The van der Waals surface area contributed by atoms with Crippen LogP contribution in [0, 0.1) is 0 Å². The molecule has 1 aliphatic rings. The van der Waals surface area contributed by atoms with Crippen LogP contribution in [0.2, 0.25) is 5.02 Å². The van der Waals surface area contributed by atoms with Gasteiger partial charge in [0.2, 0.25) is 0 Å². The van der Waals surface area contributed by atoms with Gasteiger partial charge in [-0.05, 0) is 54.3 Å². The molecule has 0 radical (unpaired) electrons. The Hall–Kier alpha value is -2.12. The molecule has 0 spiro atoms. The van der Waals surface area contributed by atoms with Gasteiger partial charge in [0.25, 0.3) is 0 Å². The van der Waals surface area contributed by atoms with Crippen LogP contribution < -0.4 is 4.74 Å². The lowest BCUT2D eigenvalue weighted by atomic mass is 9.94. The number of rotatable bonds is 8. The van der Waals surface area contributed by atoms with Gasteiger partial charge in [-0.25, -0.2) is 9.97 Å². The first-order valence-corrected chi connectivity index (χ1v) is 12.2. The van der Waals surface area contributed by atoms with E-state index in [2.05, 4.69) is 28.2 Å². The number of hydrogen-bond donors (Lipinski definition) is 1. The number of halogens is 1. The number of nitrogens with zero attached hydrogens (tertiary/aromatic N) is 2. The van der Waals surface area contributed by atoms with Gasteiger partial charge < -0.3 is 14.6 Å². The zero-order valence-corrected chi connectivity index (χ0v) is 19.6. The van der Waals surface area contributed by atoms with Crippen LogP contribution in [0.5, 0.6) is 5.75 Å². The first-order chi connectivity index (χ1) is 15.6. The van der Waals surface area contributed by atoms with E-state index in [1.54, 1.807) is 30.2 Å². The molecule has 3 unspecified atom stereocenters. The third-order valence-corrected chi connectivity index (χ3v) is 6.76. The number of aromatic nitrogens is 2. The second-order valence-electron chi connectivity index (χ2n) is 7.82. The van der Waals surface area contributed by atoms with Crippen molar-refractivity contribution in [3.63, 3.8) is 0 Å². The summed E-state index contributed by atoms with van der Waals surface area (Å²) in [6.07, 6.45) is 4.74. The van der Waals surface area contributed by atoms with E-state index in [1.165, 1.54) is 0 Å². The molecule has 0 aliphatic carbocycles. The molecule has 168 valence electrons. The van der Waals surface area contributed by atoms with E-state index in [9.17, 15) is 5.11 Å². The summed E-state index contributed by atoms with van der Waals surface area (Å²) < 4.78 is 11.9. The lowest BCUT2D eigenvalue weighted by molar-refractivity contribution is -0.0875. The van der Waals surface area contributed by atoms with E-state index < -0.39 is 6.10 Å². The molecule has 3 atom stereocenters. The summed E-state index contributed by atoms with van der Waals surface area (Å²) in [5.41, 5.74) is 3.25. The van der Waals surface area contributed by atoms with Gasteiger partial charge >= 0.3 is 0 Å². The highest BCUT2D eigenvalue weighted by atomic mass is 35.5. The minimum absolute atomic E-state index is 0.0669. The summed E-state index contributed by atoms with van der Waals surface area (Å²) in [5.74, 6) is 1.56. The van der Waals surface area contributed by atoms with Crippen LogP contribution in [-0.2, 0) is 11.2 Å². The van der Waals surface area contributed by atoms with Crippen LogP contribution in [0.4, 0.5) is 0 Å². The van der Waals surface area contributed by atoms with Crippen molar-refractivity contribution in [1.82, 2.24) is 9.97 Å². The van der Waals surface area contributed by atoms with E-state index >= 15 is 0 Å². The highest BCUT2D eigenvalue weighted by Gasteiger charge is 2.30. The number of thioether (sulfide) groups is 1. The predicted molar refractivity (Wildman–Crippen MR) is 127 cm³/mol. The van der Waals surface area contributed by atoms with Crippen molar-refractivity contribution in [2.45, 2.75) is 49.7 Å². The molecule has 1 aromatic heterocycles. The second-order valence-corrected chi connectivity index (χ2v) is 9.21. The lowest BCUT2D eigenvalue weighted by Gasteiger charge is -2.33. The summed E-state index contributed by atoms with van der Waals surface area (Å²) in [6, 6.07) is 15.9. The van der Waals surface area contributed by atoms with Crippen molar-refractivity contribution in [2.24, 2.45) is 0 Å². The summed E-state index contributed by atoms with van der Waals surface area (Å²) in [7, 11) is 0. The lowest BCUT2D eigenvalue weighted by Crippen LogP contribution is -2.33. The molecule has 2 heterocycles. The first-order valence-electron chi connectivity index (χ1n) is 10.8. The number of hydrogen-bond acceptors (Lipinski definition) is 6. The zero-order chi connectivity index (χ0) is 22.3. The summed E-state index contributed by atoms with van der Waals surface area (Å²) >= 11 is 8.06. The third-order valence-electron chi connectivity index (χ3n) is 5.39. The molecule has 2 aromatic carbocycles. The standard InChI is InChI=1S/C25H27ClN2O3S/c1-2-30-21-7-4-17(5-8-21)12-19-13-18(6-9-23(19)26)24-15-20(29)14-22(31-24)16-32-25-27-10-3-11-28-25/h3-11,13,20,22,24,29H,2,12,14-16H2,1H3.